The lowest BCUT2D eigenvalue weighted by Crippen LogP contribution is -2.35. The number of aryl methyl sites for hydroxylation is 1. The summed E-state index contributed by atoms with van der Waals surface area (Å²) in [5, 5.41) is 2.96. The fourth-order valence-electron chi connectivity index (χ4n) is 1.60. The van der Waals surface area contributed by atoms with Crippen LogP contribution in [0.3, 0.4) is 0 Å². The van der Waals surface area contributed by atoms with Gasteiger partial charge in [-0.05, 0) is 31.2 Å². The van der Waals surface area contributed by atoms with Gasteiger partial charge in [-0.25, -0.2) is 8.42 Å². The first-order valence-corrected chi connectivity index (χ1v) is 7.55. The number of hydrogen-bond donors (Lipinski definition) is 1. The van der Waals surface area contributed by atoms with E-state index in [1.807, 2.05) is 24.3 Å². The Morgan fingerprint density at radius 3 is 2.24 bits per heavy atom. The predicted octanol–water partition coefficient (Wildman–Crippen LogP) is 1.23. The maximum atomic E-state index is 11.7. The molecule has 0 aromatic heterocycles. The average Bonchev–Trinajstić information content (AvgIpc) is 2.29. The molecule has 0 amide bonds. The SMILES string of the molecule is CCc1ccc(N(CCNC)S(C)(=O)=O)cc1. The zero-order chi connectivity index (χ0) is 12.9. The number of nitrogens with one attached hydrogen (secondary N) is 1. The highest BCUT2D eigenvalue weighted by Crippen LogP contribution is 2.18. The van der Waals surface area contributed by atoms with Crippen LogP contribution >= 0.6 is 0 Å². The molecular weight excluding hydrogens is 236 g/mol. The van der Waals surface area contributed by atoms with Crippen LogP contribution in [-0.2, 0) is 16.4 Å². The van der Waals surface area contributed by atoms with Crippen LogP contribution in [0.2, 0.25) is 0 Å². The molecule has 0 heterocycles. The van der Waals surface area contributed by atoms with Crippen LogP contribution in [0.15, 0.2) is 24.3 Å². The molecule has 1 rings (SSSR count). The van der Waals surface area contributed by atoms with Crippen molar-refractivity contribution in [1.29, 1.82) is 0 Å². The Hall–Kier alpha value is -1.07. The summed E-state index contributed by atoms with van der Waals surface area (Å²) in [5.41, 5.74) is 1.93. The minimum atomic E-state index is -3.22. The van der Waals surface area contributed by atoms with Crippen LogP contribution in [0.1, 0.15) is 12.5 Å². The van der Waals surface area contributed by atoms with Crippen LogP contribution in [0, 0.1) is 0 Å². The minimum absolute atomic E-state index is 0.445. The third kappa shape index (κ3) is 4.02. The second-order valence-corrected chi connectivity index (χ2v) is 5.87. The lowest BCUT2D eigenvalue weighted by atomic mass is 10.1. The van der Waals surface area contributed by atoms with E-state index in [0.717, 1.165) is 12.1 Å². The minimum Gasteiger partial charge on any atom is -0.318 e. The van der Waals surface area contributed by atoms with Gasteiger partial charge in [0.25, 0.3) is 0 Å². The molecule has 0 unspecified atom stereocenters. The van der Waals surface area contributed by atoms with Gasteiger partial charge in [-0.2, -0.15) is 0 Å². The highest BCUT2D eigenvalue weighted by Gasteiger charge is 2.16. The summed E-state index contributed by atoms with van der Waals surface area (Å²) in [6, 6.07) is 7.64. The van der Waals surface area contributed by atoms with E-state index in [-0.39, 0.29) is 0 Å². The highest BCUT2D eigenvalue weighted by atomic mass is 32.2. The van der Waals surface area contributed by atoms with Gasteiger partial charge in [0.05, 0.1) is 11.9 Å². The van der Waals surface area contributed by atoms with Gasteiger partial charge in [-0.3, -0.25) is 4.31 Å². The largest absolute Gasteiger partial charge is 0.318 e. The molecule has 1 aromatic rings. The zero-order valence-electron chi connectivity index (χ0n) is 10.6. The van der Waals surface area contributed by atoms with E-state index in [1.54, 1.807) is 7.05 Å². The van der Waals surface area contributed by atoms with Crippen LogP contribution < -0.4 is 9.62 Å². The van der Waals surface area contributed by atoms with Crippen LogP contribution in [0.25, 0.3) is 0 Å². The highest BCUT2D eigenvalue weighted by molar-refractivity contribution is 7.92. The van der Waals surface area contributed by atoms with Crippen molar-refractivity contribution in [3.63, 3.8) is 0 Å². The molecule has 96 valence electrons. The molecule has 1 N–H and O–H groups in total. The van der Waals surface area contributed by atoms with Crippen molar-refractivity contribution in [2.75, 3.05) is 30.7 Å². The van der Waals surface area contributed by atoms with Gasteiger partial charge in [0.1, 0.15) is 0 Å². The van der Waals surface area contributed by atoms with E-state index >= 15 is 0 Å². The van der Waals surface area contributed by atoms with Crippen molar-refractivity contribution in [3.05, 3.63) is 29.8 Å². The van der Waals surface area contributed by atoms with Gasteiger partial charge >= 0.3 is 0 Å². The smallest absolute Gasteiger partial charge is 0.232 e. The number of benzene rings is 1. The van der Waals surface area contributed by atoms with E-state index in [1.165, 1.54) is 16.1 Å². The Labute approximate surface area is 104 Å². The first kappa shape index (κ1) is 14.0. The molecule has 0 fully saturated rings. The van der Waals surface area contributed by atoms with Gasteiger partial charge in [-0.1, -0.05) is 19.1 Å². The summed E-state index contributed by atoms with van der Waals surface area (Å²) in [6.45, 7) is 3.15. The number of hydrogen-bond acceptors (Lipinski definition) is 3. The van der Waals surface area contributed by atoms with Crippen molar-refractivity contribution < 1.29 is 8.42 Å². The first-order valence-electron chi connectivity index (χ1n) is 5.70. The standard InChI is InChI=1S/C12H20N2O2S/c1-4-11-5-7-12(8-6-11)14(10-9-13-2)17(3,15)16/h5-8,13H,4,9-10H2,1-3H3. The Bertz CT molecular complexity index is 440. The molecule has 0 aliphatic rings. The number of anilines is 1. The Kier molecular flexibility index (Phi) is 4.96. The maximum Gasteiger partial charge on any atom is 0.232 e. The molecule has 5 heteroatoms. The van der Waals surface area contributed by atoms with Crippen molar-refractivity contribution >= 4 is 15.7 Å². The lowest BCUT2D eigenvalue weighted by Gasteiger charge is -2.22. The summed E-state index contributed by atoms with van der Waals surface area (Å²) >= 11 is 0. The summed E-state index contributed by atoms with van der Waals surface area (Å²) in [4.78, 5) is 0. The molecule has 17 heavy (non-hydrogen) atoms. The van der Waals surface area contributed by atoms with E-state index in [9.17, 15) is 8.42 Å². The lowest BCUT2D eigenvalue weighted by molar-refractivity contribution is 0.595. The monoisotopic (exact) mass is 256 g/mol. The number of sulfonamides is 1. The topological polar surface area (TPSA) is 49.4 Å². The quantitative estimate of drug-likeness (QED) is 0.833. The second-order valence-electron chi connectivity index (χ2n) is 3.96. The van der Waals surface area contributed by atoms with Gasteiger partial charge < -0.3 is 5.32 Å². The van der Waals surface area contributed by atoms with Gasteiger partial charge in [-0.15, -0.1) is 0 Å². The third-order valence-electron chi connectivity index (χ3n) is 2.60. The number of nitrogens with zero attached hydrogens (tertiary/aromatic N) is 1. The molecule has 0 aliphatic carbocycles. The fourth-order valence-corrected chi connectivity index (χ4v) is 2.53. The summed E-state index contributed by atoms with van der Waals surface area (Å²) in [7, 11) is -1.41. The average molecular weight is 256 g/mol. The third-order valence-corrected chi connectivity index (χ3v) is 3.79. The first-order chi connectivity index (χ1) is 7.99. The normalized spacial score (nSPS) is 11.5. The van der Waals surface area contributed by atoms with Crippen molar-refractivity contribution in [1.82, 2.24) is 5.32 Å². The molecule has 0 atom stereocenters. The number of rotatable bonds is 6. The molecule has 0 saturated heterocycles. The fraction of sp³-hybridized carbons (Fsp3) is 0.500. The molecular formula is C12H20N2O2S. The number of likely N-dealkylation sites (N-methyl/N-ethyl adjacent to an activating group) is 1. The van der Waals surface area contributed by atoms with Gasteiger partial charge in [0.15, 0.2) is 0 Å². The van der Waals surface area contributed by atoms with Crippen molar-refractivity contribution in [2.24, 2.45) is 0 Å². The van der Waals surface area contributed by atoms with Gasteiger partial charge in [0.2, 0.25) is 10.0 Å². The van der Waals surface area contributed by atoms with Crippen molar-refractivity contribution in [3.8, 4) is 0 Å². The van der Waals surface area contributed by atoms with Crippen LogP contribution in [0.4, 0.5) is 5.69 Å². The Balaban J connectivity index is 2.96. The Morgan fingerprint density at radius 1 is 1.24 bits per heavy atom. The summed E-state index contributed by atoms with van der Waals surface area (Å²) < 4.78 is 24.8. The van der Waals surface area contributed by atoms with E-state index in [0.29, 0.717) is 13.1 Å². The molecule has 0 bridgehead atoms. The van der Waals surface area contributed by atoms with E-state index < -0.39 is 10.0 Å². The van der Waals surface area contributed by atoms with Gasteiger partial charge in [0, 0.05) is 13.1 Å². The second kappa shape index (κ2) is 6.02. The van der Waals surface area contributed by atoms with Crippen molar-refractivity contribution in [2.45, 2.75) is 13.3 Å². The van der Waals surface area contributed by atoms with Crippen LogP contribution in [0.5, 0.6) is 0 Å². The summed E-state index contributed by atoms with van der Waals surface area (Å²) in [5.74, 6) is 0. The Morgan fingerprint density at radius 2 is 1.82 bits per heavy atom. The van der Waals surface area contributed by atoms with E-state index in [2.05, 4.69) is 12.2 Å². The zero-order valence-corrected chi connectivity index (χ0v) is 11.4. The molecule has 0 radical (unpaired) electrons. The molecule has 0 saturated carbocycles. The molecule has 1 aromatic carbocycles. The van der Waals surface area contributed by atoms with E-state index in [4.69, 9.17) is 0 Å². The predicted molar refractivity (Wildman–Crippen MR) is 71.9 cm³/mol. The molecule has 0 spiro atoms. The van der Waals surface area contributed by atoms with Crippen LogP contribution in [-0.4, -0.2) is 34.8 Å². The molecule has 4 nitrogen and oxygen atoms in total. The summed E-state index contributed by atoms with van der Waals surface area (Å²) in [6.07, 6.45) is 2.19. The molecule has 0 aliphatic heterocycles. The maximum absolute atomic E-state index is 11.7.